The highest BCUT2D eigenvalue weighted by molar-refractivity contribution is 6.20. The summed E-state index contributed by atoms with van der Waals surface area (Å²) in [7, 11) is 0. The fraction of sp³-hybridized carbons (Fsp3) is 0.222. The summed E-state index contributed by atoms with van der Waals surface area (Å²) in [6.45, 7) is 3.55. The molecule has 0 saturated carbocycles. The molecule has 0 aliphatic heterocycles. The third-order valence-electron chi connectivity index (χ3n) is 3.03. The van der Waals surface area contributed by atoms with Gasteiger partial charge in [-0.05, 0) is 6.92 Å². The maximum Gasteiger partial charge on any atom is 0.395 e. The van der Waals surface area contributed by atoms with Gasteiger partial charge >= 0.3 is 5.97 Å². The van der Waals surface area contributed by atoms with E-state index >= 15 is 0 Å². The Bertz CT molecular complexity index is 548. The summed E-state index contributed by atoms with van der Waals surface area (Å²) in [6, 6.07) is 20.2. The van der Waals surface area contributed by atoms with Crippen LogP contribution in [0.2, 0.25) is 0 Å². The lowest BCUT2D eigenvalue weighted by Crippen LogP contribution is -2.19. The maximum absolute atomic E-state index is 11.7. The molecule has 0 aliphatic carbocycles. The van der Waals surface area contributed by atoms with E-state index in [2.05, 4.69) is 24.3 Å². The van der Waals surface area contributed by atoms with Crippen LogP contribution in [0.3, 0.4) is 0 Å². The van der Waals surface area contributed by atoms with Gasteiger partial charge in [0.05, 0.1) is 6.61 Å². The molecule has 0 atom stereocenters. The van der Waals surface area contributed by atoms with Crippen molar-refractivity contribution in [1.82, 2.24) is 0 Å². The largest absolute Gasteiger partial charge is 0.459 e. The fourth-order valence-electron chi connectivity index (χ4n) is 2.11. The van der Waals surface area contributed by atoms with Crippen LogP contribution in [-0.4, -0.2) is 23.4 Å². The van der Waals surface area contributed by atoms with Crippen LogP contribution in [0.15, 0.2) is 60.7 Å². The van der Waals surface area contributed by atoms with Crippen molar-refractivity contribution in [2.24, 2.45) is 0 Å². The number of ether oxygens (including phenoxy) is 1. The summed E-state index contributed by atoms with van der Waals surface area (Å²) in [4.78, 5) is 11.7. The highest BCUT2D eigenvalue weighted by Crippen LogP contribution is 2.05. The SMILES string of the molecule is CCOC(=O)C=[N+](Cc1ccccc1)Cc1ccccc1. The molecule has 0 fully saturated rings. The van der Waals surface area contributed by atoms with Crippen molar-refractivity contribution in [2.75, 3.05) is 6.61 Å². The molecule has 0 spiro atoms. The third kappa shape index (κ3) is 5.22. The minimum absolute atomic E-state index is 0.302. The van der Waals surface area contributed by atoms with Crippen LogP contribution in [0.5, 0.6) is 0 Å². The molecule has 0 N–H and O–H groups in total. The van der Waals surface area contributed by atoms with E-state index in [1.54, 1.807) is 6.21 Å². The van der Waals surface area contributed by atoms with Gasteiger partial charge < -0.3 is 4.74 Å². The van der Waals surface area contributed by atoms with Gasteiger partial charge in [-0.3, -0.25) is 0 Å². The summed E-state index contributed by atoms with van der Waals surface area (Å²) >= 11 is 0. The Kier molecular flexibility index (Phi) is 5.71. The van der Waals surface area contributed by atoms with Gasteiger partial charge in [0, 0.05) is 11.1 Å². The van der Waals surface area contributed by atoms with Crippen LogP contribution in [0.25, 0.3) is 0 Å². The second kappa shape index (κ2) is 8.00. The van der Waals surface area contributed by atoms with E-state index in [4.69, 9.17) is 4.74 Å². The van der Waals surface area contributed by atoms with Crippen molar-refractivity contribution in [1.29, 1.82) is 0 Å². The summed E-state index contributed by atoms with van der Waals surface area (Å²) in [5, 5.41) is 0. The highest BCUT2D eigenvalue weighted by atomic mass is 16.5. The van der Waals surface area contributed by atoms with Gasteiger partial charge in [-0.2, -0.15) is 0 Å². The van der Waals surface area contributed by atoms with E-state index in [0.29, 0.717) is 19.7 Å². The molecule has 0 aliphatic rings. The van der Waals surface area contributed by atoms with Gasteiger partial charge in [0.2, 0.25) is 6.21 Å². The number of nitrogens with zero attached hydrogens (tertiary/aromatic N) is 1. The van der Waals surface area contributed by atoms with E-state index in [1.165, 1.54) is 0 Å². The zero-order valence-corrected chi connectivity index (χ0v) is 12.2. The Balaban J connectivity index is 2.16. The average molecular weight is 282 g/mol. The normalized spacial score (nSPS) is 9.95. The first-order valence-electron chi connectivity index (χ1n) is 7.11. The molecule has 3 heteroatoms. The lowest BCUT2D eigenvalue weighted by molar-refractivity contribution is -0.555. The molecule has 21 heavy (non-hydrogen) atoms. The van der Waals surface area contributed by atoms with E-state index < -0.39 is 0 Å². The van der Waals surface area contributed by atoms with Crippen LogP contribution in [0.1, 0.15) is 18.1 Å². The van der Waals surface area contributed by atoms with Crippen LogP contribution in [-0.2, 0) is 22.6 Å². The van der Waals surface area contributed by atoms with Gasteiger partial charge in [0.15, 0.2) is 13.1 Å². The maximum atomic E-state index is 11.7. The van der Waals surface area contributed by atoms with Crippen molar-refractivity contribution in [2.45, 2.75) is 20.0 Å². The minimum Gasteiger partial charge on any atom is -0.459 e. The number of carbonyl (C=O) groups excluding carboxylic acids is 1. The predicted octanol–water partition coefficient (Wildman–Crippen LogP) is 3.03. The van der Waals surface area contributed by atoms with Gasteiger partial charge in [0.1, 0.15) is 0 Å². The summed E-state index contributed by atoms with van der Waals surface area (Å²) in [5.41, 5.74) is 2.32. The highest BCUT2D eigenvalue weighted by Gasteiger charge is 2.11. The van der Waals surface area contributed by atoms with Crippen LogP contribution in [0.4, 0.5) is 0 Å². The first-order valence-corrected chi connectivity index (χ1v) is 7.11. The smallest absolute Gasteiger partial charge is 0.395 e. The first kappa shape index (κ1) is 15.0. The standard InChI is InChI=1S/C18H20NO2/c1-2-21-18(20)15-19(13-16-9-5-3-6-10-16)14-17-11-7-4-8-12-17/h3-12,15H,2,13-14H2,1H3/q+1. The van der Waals surface area contributed by atoms with Crippen LogP contribution < -0.4 is 0 Å². The molecular formula is C18H20NO2+. The van der Waals surface area contributed by atoms with Crippen molar-refractivity contribution in [3.63, 3.8) is 0 Å². The number of carbonyl (C=O) groups is 1. The molecule has 0 heterocycles. The molecule has 0 saturated heterocycles. The predicted molar refractivity (Wildman–Crippen MR) is 83.2 cm³/mol. The number of hydrogen-bond acceptors (Lipinski definition) is 2. The van der Waals surface area contributed by atoms with Gasteiger partial charge in [-0.1, -0.05) is 60.7 Å². The molecule has 0 aromatic heterocycles. The third-order valence-corrected chi connectivity index (χ3v) is 3.03. The molecule has 2 rings (SSSR count). The molecule has 108 valence electrons. The molecule has 2 aromatic rings. The second-order valence-corrected chi connectivity index (χ2v) is 4.76. The monoisotopic (exact) mass is 282 g/mol. The van der Waals surface area contributed by atoms with Gasteiger partial charge in [-0.25, -0.2) is 9.37 Å². The Morgan fingerprint density at radius 2 is 1.43 bits per heavy atom. The molecular weight excluding hydrogens is 262 g/mol. The van der Waals surface area contributed by atoms with E-state index in [1.807, 2.05) is 47.9 Å². The molecule has 0 amide bonds. The zero-order valence-electron chi connectivity index (χ0n) is 12.2. The molecule has 2 aromatic carbocycles. The summed E-state index contributed by atoms with van der Waals surface area (Å²) in [5.74, 6) is -0.302. The number of rotatable bonds is 6. The molecule has 0 radical (unpaired) electrons. The van der Waals surface area contributed by atoms with E-state index in [9.17, 15) is 4.79 Å². The minimum atomic E-state index is -0.302. The number of benzene rings is 2. The Hall–Kier alpha value is -2.42. The van der Waals surface area contributed by atoms with Gasteiger partial charge in [0.25, 0.3) is 0 Å². The summed E-state index contributed by atoms with van der Waals surface area (Å²) in [6.07, 6.45) is 1.55. The Morgan fingerprint density at radius 1 is 0.952 bits per heavy atom. The fourth-order valence-corrected chi connectivity index (χ4v) is 2.11. The lowest BCUT2D eigenvalue weighted by Gasteiger charge is -2.05. The van der Waals surface area contributed by atoms with Crippen molar-refractivity contribution >= 4 is 12.2 Å². The first-order chi connectivity index (χ1) is 10.3. The number of hydrogen-bond donors (Lipinski definition) is 0. The summed E-state index contributed by atoms with van der Waals surface area (Å²) < 4.78 is 6.99. The van der Waals surface area contributed by atoms with E-state index in [0.717, 1.165) is 11.1 Å². The zero-order chi connectivity index (χ0) is 14.9. The van der Waals surface area contributed by atoms with Crippen molar-refractivity contribution < 1.29 is 14.1 Å². The van der Waals surface area contributed by atoms with Crippen LogP contribution >= 0.6 is 0 Å². The van der Waals surface area contributed by atoms with E-state index in [-0.39, 0.29) is 5.97 Å². The quantitative estimate of drug-likeness (QED) is 0.463. The van der Waals surface area contributed by atoms with Crippen molar-refractivity contribution in [3.8, 4) is 0 Å². The van der Waals surface area contributed by atoms with Gasteiger partial charge in [-0.15, -0.1) is 0 Å². The molecule has 0 bridgehead atoms. The topological polar surface area (TPSA) is 29.3 Å². The Morgan fingerprint density at radius 3 is 1.86 bits per heavy atom. The van der Waals surface area contributed by atoms with Crippen LogP contribution in [0, 0.1) is 0 Å². The average Bonchev–Trinajstić information content (AvgIpc) is 2.49. The molecule has 0 unspecified atom stereocenters. The lowest BCUT2D eigenvalue weighted by atomic mass is 10.2. The second-order valence-electron chi connectivity index (χ2n) is 4.76. The van der Waals surface area contributed by atoms with Crippen molar-refractivity contribution in [3.05, 3.63) is 71.8 Å². The molecule has 3 nitrogen and oxygen atoms in total. The Labute approximate surface area is 125 Å². The number of esters is 1.